The molecule has 0 aliphatic heterocycles. The van der Waals surface area contributed by atoms with E-state index in [-0.39, 0.29) is 0 Å². The molecule has 2 N–H and O–H groups in total. The maximum Gasteiger partial charge on any atom is 0.278 e. The highest BCUT2D eigenvalue weighted by atomic mass is 16.5. The van der Waals surface area contributed by atoms with Gasteiger partial charge in [-0.3, -0.25) is 10.0 Å². The molecule has 0 fully saturated rings. The predicted octanol–water partition coefficient (Wildman–Crippen LogP) is 2.53. The Morgan fingerprint density at radius 2 is 1.80 bits per heavy atom. The van der Waals surface area contributed by atoms with Crippen LogP contribution in [0.1, 0.15) is 27.3 Å². The van der Waals surface area contributed by atoms with E-state index in [0.29, 0.717) is 11.3 Å². The van der Waals surface area contributed by atoms with E-state index in [2.05, 4.69) is 4.57 Å². The van der Waals surface area contributed by atoms with Crippen LogP contribution in [0.5, 0.6) is 5.75 Å². The van der Waals surface area contributed by atoms with Crippen LogP contribution in [-0.4, -0.2) is 22.8 Å². The molecule has 5 nitrogen and oxygen atoms in total. The van der Waals surface area contributed by atoms with Crippen LogP contribution in [0.25, 0.3) is 5.69 Å². The van der Waals surface area contributed by atoms with Gasteiger partial charge in [-0.1, -0.05) is 0 Å². The molecule has 1 heterocycles. The number of hydrogen-bond acceptors (Lipinski definition) is 3. The lowest BCUT2D eigenvalue weighted by Gasteiger charge is -2.15. The molecule has 0 bridgehead atoms. The highest BCUT2D eigenvalue weighted by molar-refractivity contribution is 5.98. The van der Waals surface area contributed by atoms with E-state index in [1.54, 1.807) is 11.5 Å². The van der Waals surface area contributed by atoms with Gasteiger partial charge in [-0.25, -0.2) is 5.48 Å². The fourth-order valence-electron chi connectivity index (χ4n) is 2.45. The van der Waals surface area contributed by atoms with E-state index in [1.165, 1.54) is 7.11 Å². The average molecular weight is 274 g/mol. The molecule has 0 spiro atoms. The Kier molecular flexibility index (Phi) is 3.81. The van der Waals surface area contributed by atoms with Gasteiger partial charge in [0.25, 0.3) is 5.91 Å². The Balaban J connectivity index is 2.65. The van der Waals surface area contributed by atoms with Crippen molar-refractivity contribution in [3.8, 4) is 11.4 Å². The van der Waals surface area contributed by atoms with Crippen LogP contribution in [0.4, 0.5) is 0 Å². The highest BCUT2D eigenvalue weighted by Gasteiger charge is 2.17. The van der Waals surface area contributed by atoms with Crippen LogP contribution >= 0.6 is 0 Å². The number of hydroxylamine groups is 1. The van der Waals surface area contributed by atoms with E-state index in [9.17, 15) is 4.79 Å². The van der Waals surface area contributed by atoms with Gasteiger partial charge in [0.1, 0.15) is 5.75 Å². The topological polar surface area (TPSA) is 63.5 Å². The monoisotopic (exact) mass is 274 g/mol. The van der Waals surface area contributed by atoms with Gasteiger partial charge in [0.2, 0.25) is 0 Å². The number of amides is 1. The zero-order valence-electron chi connectivity index (χ0n) is 12.0. The fourth-order valence-corrected chi connectivity index (χ4v) is 2.45. The van der Waals surface area contributed by atoms with Crippen molar-refractivity contribution in [3.63, 3.8) is 0 Å². The van der Waals surface area contributed by atoms with Crippen molar-refractivity contribution in [2.45, 2.75) is 20.8 Å². The van der Waals surface area contributed by atoms with Crippen molar-refractivity contribution in [1.82, 2.24) is 10.0 Å². The highest BCUT2D eigenvalue weighted by Crippen LogP contribution is 2.28. The molecule has 0 unspecified atom stereocenters. The number of nitrogens with zero attached hydrogens (tertiary/aromatic N) is 1. The fraction of sp³-hybridized carbons (Fsp3) is 0.267. The number of rotatable bonds is 3. The summed E-state index contributed by atoms with van der Waals surface area (Å²) in [5, 5.41) is 8.81. The molecular formula is C15H18N2O3. The normalized spacial score (nSPS) is 10.4. The summed E-state index contributed by atoms with van der Waals surface area (Å²) in [6.07, 6.45) is 0. The molecule has 20 heavy (non-hydrogen) atoms. The molecular weight excluding hydrogens is 256 g/mol. The van der Waals surface area contributed by atoms with Gasteiger partial charge in [-0.2, -0.15) is 0 Å². The Morgan fingerprint density at radius 1 is 1.20 bits per heavy atom. The van der Waals surface area contributed by atoms with Crippen LogP contribution < -0.4 is 10.2 Å². The summed E-state index contributed by atoms with van der Waals surface area (Å²) < 4.78 is 7.36. The molecule has 2 rings (SSSR count). The van der Waals surface area contributed by atoms with Gasteiger partial charge in [0.05, 0.1) is 12.7 Å². The van der Waals surface area contributed by atoms with Crippen molar-refractivity contribution in [2.75, 3.05) is 7.11 Å². The summed E-state index contributed by atoms with van der Waals surface area (Å²) in [6.45, 7) is 5.84. The van der Waals surface area contributed by atoms with Gasteiger partial charge in [-0.15, -0.1) is 0 Å². The lowest BCUT2D eigenvalue weighted by molar-refractivity contribution is 0.0702. The lowest BCUT2D eigenvalue weighted by atomic mass is 10.1. The quantitative estimate of drug-likeness (QED) is 0.668. The summed E-state index contributed by atoms with van der Waals surface area (Å²) in [6, 6.07) is 7.75. The first-order chi connectivity index (χ1) is 9.49. The number of aryl methyl sites for hydroxylation is 3. The minimum absolute atomic E-state index is 0.334. The summed E-state index contributed by atoms with van der Waals surface area (Å²) in [7, 11) is 1.50. The number of carbonyl (C=O) groups excluding carboxylic acids is 1. The summed E-state index contributed by atoms with van der Waals surface area (Å²) >= 11 is 0. The third-order valence-corrected chi connectivity index (χ3v) is 3.36. The molecule has 106 valence electrons. The van der Waals surface area contributed by atoms with E-state index in [4.69, 9.17) is 9.94 Å². The second kappa shape index (κ2) is 5.38. The van der Waals surface area contributed by atoms with Crippen LogP contribution in [-0.2, 0) is 0 Å². The largest absolute Gasteiger partial charge is 0.496 e. The zero-order valence-corrected chi connectivity index (χ0v) is 12.0. The third kappa shape index (κ3) is 2.28. The lowest BCUT2D eigenvalue weighted by Crippen LogP contribution is -2.21. The van der Waals surface area contributed by atoms with Gasteiger partial charge in [0.15, 0.2) is 0 Å². The number of hydrogen-bond donors (Lipinski definition) is 2. The van der Waals surface area contributed by atoms with Crippen LogP contribution in [0.2, 0.25) is 0 Å². The van der Waals surface area contributed by atoms with E-state index >= 15 is 0 Å². The second-order valence-corrected chi connectivity index (χ2v) is 4.73. The van der Waals surface area contributed by atoms with Gasteiger partial charge >= 0.3 is 0 Å². The maximum absolute atomic E-state index is 11.7. The van der Waals surface area contributed by atoms with Crippen molar-refractivity contribution in [2.24, 2.45) is 0 Å². The second-order valence-electron chi connectivity index (χ2n) is 4.73. The number of carbonyl (C=O) groups is 1. The molecule has 5 heteroatoms. The van der Waals surface area contributed by atoms with Crippen LogP contribution in [0.15, 0.2) is 24.3 Å². The van der Waals surface area contributed by atoms with Crippen LogP contribution in [0.3, 0.4) is 0 Å². The van der Waals surface area contributed by atoms with Crippen molar-refractivity contribution >= 4 is 5.91 Å². The Hall–Kier alpha value is -2.27. The van der Waals surface area contributed by atoms with Crippen molar-refractivity contribution in [1.29, 1.82) is 0 Å². The zero-order chi connectivity index (χ0) is 14.9. The molecule has 2 aromatic rings. The first kappa shape index (κ1) is 14.1. The van der Waals surface area contributed by atoms with E-state index in [1.807, 2.05) is 39.0 Å². The van der Waals surface area contributed by atoms with Crippen molar-refractivity contribution in [3.05, 3.63) is 46.8 Å². The number of nitrogens with one attached hydrogen (secondary N) is 1. The standard InChI is InChI=1S/C15H18N2O3/c1-9-7-12(17-10(2)5-6-11(17)3)8-13(20-4)14(9)15(18)16-19/h5-8,19H,1-4H3,(H,16,18). The first-order valence-electron chi connectivity index (χ1n) is 6.28. The Morgan fingerprint density at radius 3 is 2.30 bits per heavy atom. The molecule has 1 aromatic carbocycles. The predicted molar refractivity (Wildman–Crippen MR) is 75.8 cm³/mol. The minimum atomic E-state index is -0.577. The molecule has 0 radical (unpaired) electrons. The van der Waals surface area contributed by atoms with Gasteiger partial charge in [0, 0.05) is 23.1 Å². The molecule has 0 saturated heterocycles. The summed E-state index contributed by atoms with van der Waals surface area (Å²) in [4.78, 5) is 11.7. The van der Waals surface area contributed by atoms with Crippen molar-refractivity contribution < 1.29 is 14.7 Å². The number of aromatic nitrogens is 1. The van der Waals surface area contributed by atoms with E-state index < -0.39 is 5.91 Å². The maximum atomic E-state index is 11.7. The summed E-state index contributed by atoms with van der Waals surface area (Å²) in [5.74, 6) is -0.147. The first-order valence-corrected chi connectivity index (χ1v) is 6.28. The van der Waals surface area contributed by atoms with Gasteiger partial charge < -0.3 is 9.30 Å². The smallest absolute Gasteiger partial charge is 0.278 e. The molecule has 1 amide bonds. The molecule has 0 saturated carbocycles. The Bertz CT molecular complexity index is 640. The van der Waals surface area contributed by atoms with E-state index in [0.717, 1.165) is 22.6 Å². The third-order valence-electron chi connectivity index (χ3n) is 3.36. The molecule has 0 atom stereocenters. The Labute approximate surface area is 117 Å². The average Bonchev–Trinajstić information content (AvgIpc) is 2.76. The molecule has 0 aliphatic carbocycles. The number of ether oxygens (including phenoxy) is 1. The minimum Gasteiger partial charge on any atom is -0.496 e. The molecule has 0 aliphatic rings. The van der Waals surface area contributed by atoms with Crippen LogP contribution in [0, 0.1) is 20.8 Å². The number of methoxy groups -OCH3 is 1. The summed E-state index contributed by atoms with van der Waals surface area (Å²) in [5.41, 5.74) is 5.84. The SMILES string of the molecule is COc1cc(-n2c(C)ccc2C)cc(C)c1C(=O)NO. The number of benzene rings is 1. The van der Waals surface area contributed by atoms with Gasteiger partial charge in [-0.05, 0) is 44.5 Å². The molecule has 1 aromatic heterocycles.